The number of amides is 1. The molecule has 1 atom stereocenters. The number of rotatable bonds is 3. The topological polar surface area (TPSA) is 87.7 Å². The second-order valence-corrected chi connectivity index (χ2v) is 5.76. The highest BCUT2D eigenvalue weighted by molar-refractivity contribution is 5.73. The van der Waals surface area contributed by atoms with Gasteiger partial charge in [-0.05, 0) is 40.2 Å². The Morgan fingerprint density at radius 3 is 2.56 bits per heavy atom. The Hall–Kier alpha value is -1.30. The number of carbonyl (C=O) groups is 2. The molecule has 1 aliphatic heterocycles. The molecule has 1 fully saturated rings. The first-order valence-corrected chi connectivity index (χ1v) is 6.16. The molecule has 6 nitrogen and oxygen atoms in total. The Kier molecular flexibility index (Phi) is 4.56. The fourth-order valence-corrected chi connectivity index (χ4v) is 2.08. The summed E-state index contributed by atoms with van der Waals surface area (Å²) in [5.74, 6) is -0.922. The van der Waals surface area contributed by atoms with E-state index in [1.54, 1.807) is 20.8 Å². The number of hydrogen-bond acceptors (Lipinski definition) is 4. The molecular formula is C12H22N2O4. The predicted octanol–water partition coefficient (Wildman–Crippen LogP) is 1.11. The highest BCUT2D eigenvalue weighted by Gasteiger charge is 2.37. The lowest BCUT2D eigenvalue weighted by molar-refractivity contribution is -0.138. The third-order valence-corrected chi connectivity index (χ3v) is 2.73. The first-order chi connectivity index (χ1) is 8.22. The van der Waals surface area contributed by atoms with E-state index in [2.05, 4.69) is 10.6 Å². The number of carboxylic acids is 1. The molecule has 0 aromatic heterocycles. The van der Waals surface area contributed by atoms with Crippen LogP contribution < -0.4 is 10.6 Å². The molecule has 1 saturated heterocycles. The summed E-state index contributed by atoms with van der Waals surface area (Å²) in [5, 5.41) is 14.8. The van der Waals surface area contributed by atoms with Crippen LogP contribution in [-0.2, 0) is 9.53 Å². The van der Waals surface area contributed by atoms with E-state index in [4.69, 9.17) is 9.84 Å². The zero-order valence-corrected chi connectivity index (χ0v) is 11.2. The summed E-state index contributed by atoms with van der Waals surface area (Å²) in [7, 11) is 0. The normalized spacial score (nSPS) is 24.4. The van der Waals surface area contributed by atoms with Gasteiger partial charge in [0, 0.05) is 6.54 Å². The minimum Gasteiger partial charge on any atom is -0.481 e. The van der Waals surface area contributed by atoms with Crippen molar-refractivity contribution in [2.24, 2.45) is 0 Å². The van der Waals surface area contributed by atoms with Gasteiger partial charge in [-0.15, -0.1) is 0 Å². The molecule has 1 heterocycles. The molecule has 1 amide bonds. The van der Waals surface area contributed by atoms with Crippen LogP contribution in [0, 0.1) is 0 Å². The first kappa shape index (κ1) is 14.8. The van der Waals surface area contributed by atoms with Gasteiger partial charge in [0.05, 0.1) is 12.0 Å². The minimum atomic E-state index is -0.922. The van der Waals surface area contributed by atoms with Gasteiger partial charge >= 0.3 is 12.1 Å². The molecule has 0 saturated carbocycles. The number of nitrogens with one attached hydrogen (secondary N) is 2. The Labute approximate surface area is 107 Å². The van der Waals surface area contributed by atoms with Gasteiger partial charge in [-0.1, -0.05) is 0 Å². The second kappa shape index (κ2) is 5.56. The fourth-order valence-electron chi connectivity index (χ4n) is 2.08. The molecule has 104 valence electrons. The Bertz CT molecular complexity index is 317. The lowest BCUT2D eigenvalue weighted by Gasteiger charge is -2.37. The lowest BCUT2D eigenvalue weighted by Crippen LogP contribution is -2.59. The van der Waals surface area contributed by atoms with Gasteiger partial charge in [0.1, 0.15) is 5.60 Å². The zero-order chi connectivity index (χ0) is 13.8. The average Bonchev–Trinajstić information content (AvgIpc) is 2.13. The van der Waals surface area contributed by atoms with Crippen molar-refractivity contribution in [2.45, 2.75) is 51.2 Å². The van der Waals surface area contributed by atoms with Gasteiger partial charge in [0.2, 0.25) is 0 Å². The third-order valence-electron chi connectivity index (χ3n) is 2.73. The predicted molar refractivity (Wildman–Crippen MR) is 66.5 cm³/mol. The maximum atomic E-state index is 11.8. The van der Waals surface area contributed by atoms with Gasteiger partial charge < -0.3 is 20.5 Å². The summed E-state index contributed by atoms with van der Waals surface area (Å²) in [6.07, 6.45) is 0.820. The fraction of sp³-hybridized carbons (Fsp3) is 0.833. The monoisotopic (exact) mass is 258 g/mol. The van der Waals surface area contributed by atoms with E-state index in [1.807, 2.05) is 0 Å². The SMILES string of the molecule is CC(C)(C)OC(=O)NC1(CC(=O)O)CCCNC1. The van der Waals surface area contributed by atoms with Crippen molar-refractivity contribution < 1.29 is 19.4 Å². The largest absolute Gasteiger partial charge is 0.481 e. The van der Waals surface area contributed by atoms with E-state index < -0.39 is 23.2 Å². The van der Waals surface area contributed by atoms with Crippen molar-refractivity contribution in [2.75, 3.05) is 13.1 Å². The van der Waals surface area contributed by atoms with Gasteiger partial charge in [0.25, 0.3) is 0 Å². The summed E-state index contributed by atoms with van der Waals surface area (Å²) >= 11 is 0. The average molecular weight is 258 g/mol. The third kappa shape index (κ3) is 4.91. The number of piperidine rings is 1. The molecule has 1 unspecified atom stereocenters. The van der Waals surface area contributed by atoms with Gasteiger partial charge in [-0.2, -0.15) is 0 Å². The Morgan fingerprint density at radius 2 is 2.11 bits per heavy atom. The van der Waals surface area contributed by atoms with Crippen LogP contribution in [0.25, 0.3) is 0 Å². The Balaban J connectivity index is 2.66. The lowest BCUT2D eigenvalue weighted by atomic mass is 9.87. The molecule has 1 rings (SSSR count). The Morgan fingerprint density at radius 1 is 1.44 bits per heavy atom. The summed E-state index contributed by atoms with van der Waals surface area (Å²) in [6.45, 7) is 6.62. The molecule has 0 aromatic carbocycles. The van der Waals surface area contributed by atoms with Crippen LogP contribution in [-0.4, -0.2) is 41.4 Å². The highest BCUT2D eigenvalue weighted by atomic mass is 16.6. The van der Waals surface area contributed by atoms with Crippen molar-refractivity contribution in [3.63, 3.8) is 0 Å². The van der Waals surface area contributed by atoms with Gasteiger partial charge in [0.15, 0.2) is 0 Å². The zero-order valence-electron chi connectivity index (χ0n) is 11.2. The van der Waals surface area contributed by atoms with Crippen molar-refractivity contribution in [3.05, 3.63) is 0 Å². The molecule has 0 aromatic rings. The van der Waals surface area contributed by atoms with Crippen molar-refractivity contribution in [3.8, 4) is 0 Å². The van der Waals surface area contributed by atoms with Crippen molar-refractivity contribution in [1.82, 2.24) is 10.6 Å². The van der Waals surface area contributed by atoms with Crippen LogP contribution in [0.3, 0.4) is 0 Å². The van der Waals surface area contributed by atoms with Crippen molar-refractivity contribution >= 4 is 12.1 Å². The molecule has 3 N–H and O–H groups in total. The molecule has 6 heteroatoms. The van der Waals surface area contributed by atoms with E-state index in [0.29, 0.717) is 13.0 Å². The second-order valence-electron chi connectivity index (χ2n) is 5.76. The number of carboxylic acid groups (broad SMARTS) is 1. The minimum absolute atomic E-state index is 0.0980. The van der Waals surface area contributed by atoms with E-state index in [0.717, 1.165) is 13.0 Å². The summed E-state index contributed by atoms with van der Waals surface area (Å²) in [6, 6.07) is 0. The quantitative estimate of drug-likeness (QED) is 0.705. The molecule has 0 aliphatic carbocycles. The number of hydrogen-bond donors (Lipinski definition) is 3. The van der Waals surface area contributed by atoms with Gasteiger partial charge in [-0.25, -0.2) is 4.79 Å². The van der Waals surface area contributed by atoms with Crippen molar-refractivity contribution in [1.29, 1.82) is 0 Å². The van der Waals surface area contributed by atoms with Gasteiger partial charge in [-0.3, -0.25) is 4.79 Å². The maximum absolute atomic E-state index is 11.8. The maximum Gasteiger partial charge on any atom is 0.408 e. The van der Waals surface area contributed by atoms with Crippen LogP contribution in [0.4, 0.5) is 4.79 Å². The molecule has 0 bridgehead atoms. The van der Waals surface area contributed by atoms with Crippen LogP contribution in [0.1, 0.15) is 40.0 Å². The summed E-state index contributed by atoms with van der Waals surface area (Å²) in [4.78, 5) is 22.7. The van der Waals surface area contributed by atoms with E-state index in [1.165, 1.54) is 0 Å². The van der Waals surface area contributed by atoms with E-state index >= 15 is 0 Å². The summed E-state index contributed by atoms with van der Waals surface area (Å²) < 4.78 is 5.18. The standard InChI is InChI=1S/C12H22N2O4/c1-11(2,3)18-10(17)14-12(7-9(15)16)5-4-6-13-8-12/h13H,4-8H2,1-3H3,(H,14,17)(H,15,16). The first-order valence-electron chi connectivity index (χ1n) is 6.16. The number of aliphatic carboxylic acids is 1. The van der Waals surface area contributed by atoms with E-state index in [9.17, 15) is 9.59 Å². The van der Waals surface area contributed by atoms with E-state index in [-0.39, 0.29) is 6.42 Å². The van der Waals surface area contributed by atoms with Crippen LogP contribution in [0.5, 0.6) is 0 Å². The summed E-state index contributed by atoms with van der Waals surface area (Å²) in [5.41, 5.74) is -1.33. The molecule has 18 heavy (non-hydrogen) atoms. The number of ether oxygens (including phenoxy) is 1. The highest BCUT2D eigenvalue weighted by Crippen LogP contribution is 2.21. The molecule has 0 radical (unpaired) electrons. The van der Waals surface area contributed by atoms with Crippen LogP contribution in [0.2, 0.25) is 0 Å². The molecular weight excluding hydrogens is 236 g/mol. The van der Waals surface area contributed by atoms with Crippen LogP contribution >= 0.6 is 0 Å². The molecule has 1 aliphatic rings. The smallest absolute Gasteiger partial charge is 0.408 e. The number of alkyl carbamates (subject to hydrolysis) is 1. The van der Waals surface area contributed by atoms with Crippen LogP contribution in [0.15, 0.2) is 0 Å². The number of carbonyl (C=O) groups excluding carboxylic acids is 1. The molecule has 0 spiro atoms.